The number of carbonyl (C=O) groups excluding carboxylic acids is 3. The third-order valence-corrected chi connectivity index (χ3v) is 13.6. The van der Waals surface area contributed by atoms with Gasteiger partial charge in [-0.3, -0.25) is 14.4 Å². The fourth-order valence-electron chi connectivity index (χ4n) is 9.71. The summed E-state index contributed by atoms with van der Waals surface area (Å²) >= 11 is 0. The van der Waals surface area contributed by atoms with Crippen molar-refractivity contribution < 1.29 is 153 Å². The van der Waals surface area contributed by atoms with Crippen LogP contribution in [0.15, 0.2) is 0 Å². The van der Waals surface area contributed by atoms with E-state index in [0.717, 1.165) is 20.8 Å². The van der Waals surface area contributed by atoms with Crippen molar-refractivity contribution in [2.45, 2.75) is 205 Å². The number of aliphatic hydroxyl groups excluding tert-OH is 17. The highest BCUT2D eigenvalue weighted by Crippen LogP contribution is 2.37. The fraction of sp³-hybridized carbons (Fsp3) is 0.929. The van der Waals surface area contributed by atoms with E-state index in [9.17, 15) is 101 Å². The van der Waals surface area contributed by atoms with Crippen molar-refractivity contribution in [2.24, 2.45) is 0 Å². The number of nitrogens with one attached hydrogen (secondary N) is 3. The Balaban J connectivity index is 1.24. The predicted molar refractivity (Wildman–Crippen MR) is 234 cm³/mol. The minimum absolute atomic E-state index is 0.709. The lowest BCUT2D eigenvalue weighted by molar-refractivity contribution is -0.395. The highest BCUT2D eigenvalue weighted by atomic mass is 16.8. The Morgan fingerprint density at radius 3 is 1.07 bits per heavy atom. The molecule has 0 aliphatic carbocycles. The van der Waals surface area contributed by atoms with Gasteiger partial charge in [-0.25, -0.2) is 0 Å². The molecule has 6 rings (SSSR count). The van der Waals surface area contributed by atoms with Crippen molar-refractivity contribution in [1.29, 1.82) is 0 Å². The van der Waals surface area contributed by atoms with E-state index in [4.69, 9.17) is 52.1 Å². The van der Waals surface area contributed by atoms with E-state index < -0.39 is 241 Å². The highest BCUT2D eigenvalue weighted by molar-refractivity contribution is 5.74. The maximum atomic E-state index is 12.5. The Bertz CT molecular complexity index is 1870. The third kappa shape index (κ3) is 13.5. The molecular weight excluding hydrogens is 1040 g/mol. The van der Waals surface area contributed by atoms with Crippen molar-refractivity contribution in [3.05, 3.63) is 0 Å². The van der Waals surface area contributed by atoms with Crippen LogP contribution < -0.4 is 16.0 Å². The van der Waals surface area contributed by atoms with Crippen LogP contribution in [0.25, 0.3) is 0 Å². The maximum absolute atomic E-state index is 12.5. The first-order valence-electron chi connectivity index (χ1n) is 24.1. The normalized spacial score (nSPS) is 48.2. The van der Waals surface area contributed by atoms with E-state index in [0.29, 0.717) is 0 Å². The van der Waals surface area contributed by atoms with Gasteiger partial charge in [0.05, 0.1) is 39.6 Å². The number of carbonyl (C=O) groups is 3. The minimum atomic E-state index is -2.27. The molecule has 0 radical (unpaired) electrons. The van der Waals surface area contributed by atoms with E-state index in [1.807, 2.05) is 0 Å². The van der Waals surface area contributed by atoms with Crippen LogP contribution in [0.2, 0.25) is 0 Å². The summed E-state index contributed by atoms with van der Waals surface area (Å²) in [6.45, 7) is -2.79. The molecular formula is C42H71N3O31. The number of rotatable bonds is 19. The van der Waals surface area contributed by atoms with Gasteiger partial charge < -0.3 is 155 Å². The lowest BCUT2D eigenvalue weighted by atomic mass is 9.93. The molecule has 76 heavy (non-hydrogen) atoms. The summed E-state index contributed by atoms with van der Waals surface area (Å²) in [5.41, 5.74) is 0. The zero-order chi connectivity index (χ0) is 56.2. The summed E-state index contributed by atoms with van der Waals surface area (Å²) in [6.07, 6.45) is -51.5. The molecule has 6 aliphatic heterocycles. The molecule has 20 N–H and O–H groups in total. The van der Waals surface area contributed by atoms with E-state index >= 15 is 0 Å². The zero-order valence-electron chi connectivity index (χ0n) is 40.9. The third-order valence-electron chi connectivity index (χ3n) is 13.6. The number of hydrogen-bond donors (Lipinski definition) is 20. The number of ether oxygens (including phenoxy) is 11. The van der Waals surface area contributed by atoms with Gasteiger partial charge in [0.15, 0.2) is 37.7 Å². The van der Waals surface area contributed by atoms with E-state index in [1.165, 1.54) is 0 Å². The smallest absolute Gasteiger partial charge is 0.217 e. The van der Waals surface area contributed by atoms with Gasteiger partial charge in [-0.15, -0.1) is 0 Å². The molecule has 0 aromatic heterocycles. The first-order valence-corrected chi connectivity index (χ1v) is 24.1. The number of aliphatic hydroxyl groups is 17. The molecule has 6 fully saturated rings. The van der Waals surface area contributed by atoms with Gasteiger partial charge in [0, 0.05) is 20.8 Å². The molecule has 3 amide bonds. The fourth-order valence-corrected chi connectivity index (χ4v) is 9.71. The zero-order valence-corrected chi connectivity index (χ0v) is 40.9. The summed E-state index contributed by atoms with van der Waals surface area (Å²) < 4.78 is 63.5. The minimum Gasteiger partial charge on any atom is -0.394 e. The van der Waals surface area contributed by atoms with Gasteiger partial charge in [-0.1, -0.05) is 0 Å². The molecule has 0 aromatic rings. The summed E-state index contributed by atoms with van der Waals surface area (Å²) in [7, 11) is 0. The SMILES string of the molecule is CC(=O)N[C@H]1[C@H](O[C@H]2[C@H](O)[C@@H](NC(C)=O)C(O)O[C@@H]2CO)O[C@H](CO)[C@@H](O[C@@H]2O[C@H](CO)[C@@H](O)[C@H](O[C@H]3O[C@H](CO)[C@@H](O)[C@H](O)[C@@H]3O[C@@H]3O[C@H](CO)[C@@H](O[C@@H]4O[C@H](CO)[C@H](O)[C@H](O)[C@H]4O)[C@H](O)[C@H]3NC(C)=O)[C@@H]2O)[C@@H]1O. The van der Waals surface area contributed by atoms with E-state index in [2.05, 4.69) is 16.0 Å². The average molecular weight is 1110 g/mol. The molecule has 34 nitrogen and oxygen atoms in total. The van der Waals surface area contributed by atoms with E-state index in [-0.39, 0.29) is 0 Å². The lowest BCUT2D eigenvalue weighted by Crippen LogP contribution is -2.70. The Kier molecular flexibility index (Phi) is 22.3. The quantitative estimate of drug-likeness (QED) is 0.0571. The van der Waals surface area contributed by atoms with Gasteiger partial charge in [0.1, 0.15) is 146 Å². The second-order valence-electron chi connectivity index (χ2n) is 19.0. The molecule has 0 saturated carbocycles. The molecule has 6 saturated heterocycles. The lowest BCUT2D eigenvalue weighted by Gasteiger charge is -2.51. The largest absolute Gasteiger partial charge is 0.394 e. The molecule has 1 unspecified atom stereocenters. The summed E-state index contributed by atoms with van der Waals surface area (Å²) in [5, 5.41) is 190. The van der Waals surface area contributed by atoms with Crippen LogP contribution in [0.4, 0.5) is 0 Å². The standard InChI is InChI=1S/C42H71N3O31/c1-10(52)43-19-25(58)32(16(7-49)66-37(19)65)72-38-20(44-11(2)53)26(59)34(18(9-51)70-38)74-41-31(64)35(24(57)15(6-48)68-41)75-42-36(29(62)23(56)14(5-47)69-42)76-39-21(45-12(3)54)27(60)33(17(8-50)71-39)73-40-30(63)28(61)22(55)13(4-46)67-40/h13-42,46-51,55-65H,4-9H2,1-3H3,(H,43,52)(H,44,53)(H,45,54)/t13-,14-,15-,16-,17-,18-,19-,20-,21-,22+,23-,24-,25-,26-,27-,28+,29+,30-,31+,32-,33-,34-,35+,36+,37?,38+,39+,40+,41+,42-/m1/s1. The molecule has 30 atom stereocenters. The second kappa shape index (κ2) is 27.2. The van der Waals surface area contributed by atoms with Crippen molar-refractivity contribution in [2.75, 3.05) is 39.6 Å². The Labute approximate surface area is 431 Å². The first-order chi connectivity index (χ1) is 35.9. The average Bonchev–Trinajstić information content (AvgIpc) is 3.38. The van der Waals surface area contributed by atoms with Crippen molar-refractivity contribution >= 4 is 17.7 Å². The molecule has 440 valence electrons. The molecule has 0 bridgehead atoms. The number of hydrogen-bond acceptors (Lipinski definition) is 31. The van der Waals surface area contributed by atoms with Crippen LogP contribution in [-0.2, 0) is 66.5 Å². The predicted octanol–water partition coefficient (Wildman–Crippen LogP) is -13.7. The summed E-state index contributed by atoms with van der Waals surface area (Å²) in [6, 6.07) is -5.03. The summed E-state index contributed by atoms with van der Waals surface area (Å²) in [5.74, 6) is -2.38. The topological polar surface area (TPSA) is 533 Å². The first kappa shape index (κ1) is 62.5. The Morgan fingerprint density at radius 2 is 0.632 bits per heavy atom. The van der Waals surface area contributed by atoms with Crippen LogP contribution in [-0.4, -0.2) is 328 Å². The second-order valence-corrected chi connectivity index (χ2v) is 19.0. The Hall–Kier alpha value is -2.71. The van der Waals surface area contributed by atoms with Crippen molar-refractivity contribution in [3.63, 3.8) is 0 Å². The van der Waals surface area contributed by atoms with Crippen LogP contribution in [0.1, 0.15) is 20.8 Å². The number of amides is 3. The van der Waals surface area contributed by atoms with Gasteiger partial charge in [0.2, 0.25) is 17.7 Å². The van der Waals surface area contributed by atoms with Crippen molar-refractivity contribution in [1.82, 2.24) is 16.0 Å². The van der Waals surface area contributed by atoms with Crippen LogP contribution in [0.3, 0.4) is 0 Å². The van der Waals surface area contributed by atoms with Crippen molar-refractivity contribution in [3.8, 4) is 0 Å². The summed E-state index contributed by atoms with van der Waals surface area (Å²) in [4.78, 5) is 36.9. The molecule has 0 spiro atoms. The Morgan fingerprint density at radius 1 is 0.316 bits per heavy atom. The molecule has 0 aromatic carbocycles. The molecule has 6 aliphatic rings. The monoisotopic (exact) mass is 1110 g/mol. The molecule has 34 heteroatoms. The maximum Gasteiger partial charge on any atom is 0.217 e. The van der Waals surface area contributed by atoms with Gasteiger partial charge in [0.25, 0.3) is 0 Å². The van der Waals surface area contributed by atoms with E-state index in [1.54, 1.807) is 0 Å². The van der Waals surface area contributed by atoms with Crippen LogP contribution >= 0.6 is 0 Å². The van der Waals surface area contributed by atoms with Crippen LogP contribution in [0.5, 0.6) is 0 Å². The van der Waals surface area contributed by atoms with Gasteiger partial charge in [-0.05, 0) is 0 Å². The highest BCUT2D eigenvalue weighted by Gasteiger charge is 2.58. The van der Waals surface area contributed by atoms with Gasteiger partial charge in [-0.2, -0.15) is 0 Å². The van der Waals surface area contributed by atoms with Gasteiger partial charge >= 0.3 is 0 Å². The van der Waals surface area contributed by atoms with Crippen LogP contribution in [0, 0.1) is 0 Å². The molecule has 6 heterocycles.